The predicted octanol–water partition coefficient (Wildman–Crippen LogP) is 2.81. The summed E-state index contributed by atoms with van der Waals surface area (Å²) in [7, 11) is 0. The van der Waals surface area contributed by atoms with Gasteiger partial charge in [-0.25, -0.2) is 0 Å². The number of hydrogen-bond donors (Lipinski definition) is 0. The van der Waals surface area contributed by atoms with E-state index >= 15 is 0 Å². The molecule has 2 fully saturated rings. The molecule has 0 aromatic rings. The third-order valence-corrected chi connectivity index (χ3v) is 4.31. The fourth-order valence-corrected chi connectivity index (χ4v) is 3.36. The summed E-state index contributed by atoms with van der Waals surface area (Å²) in [6.07, 6.45) is 5.83. The third-order valence-electron chi connectivity index (χ3n) is 4.31. The van der Waals surface area contributed by atoms with Crippen LogP contribution in [0.5, 0.6) is 0 Å². The number of Topliss-reactive ketones (excluding diaryl/α,β-unsaturated/α-hetero) is 1. The van der Waals surface area contributed by atoms with Crippen LogP contribution in [0.4, 0.5) is 0 Å². The SMILES string of the molecule is CC(C)C(=O)C1CCCC12CCOCC2. The van der Waals surface area contributed by atoms with Crippen molar-refractivity contribution in [2.45, 2.75) is 46.0 Å². The summed E-state index contributed by atoms with van der Waals surface area (Å²) in [6.45, 7) is 5.80. The summed E-state index contributed by atoms with van der Waals surface area (Å²) in [5.41, 5.74) is 0.319. The zero-order valence-electron chi connectivity index (χ0n) is 9.92. The fourth-order valence-electron chi connectivity index (χ4n) is 3.36. The molecule has 1 atom stereocenters. The summed E-state index contributed by atoms with van der Waals surface area (Å²) in [6, 6.07) is 0. The van der Waals surface area contributed by atoms with Gasteiger partial charge in [-0.2, -0.15) is 0 Å². The van der Waals surface area contributed by atoms with E-state index in [-0.39, 0.29) is 5.92 Å². The van der Waals surface area contributed by atoms with E-state index in [1.54, 1.807) is 0 Å². The van der Waals surface area contributed by atoms with Crippen molar-refractivity contribution >= 4 is 5.78 Å². The Morgan fingerprint density at radius 1 is 1.27 bits per heavy atom. The second-order valence-corrected chi connectivity index (χ2v) is 5.48. The molecule has 0 amide bonds. The van der Waals surface area contributed by atoms with E-state index in [4.69, 9.17) is 4.74 Å². The van der Waals surface area contributed by atoms with Crippen LogP contribution in [0.2, 0.25) is 0 Å². The summed E-state index contributed by atoms with van der Waals surface area (Å²) >= 11 is 0. The minimum Gasteiger partial charge on any atom is -0.381 e. The van der Waals surface area contributed by atoms with Gasteiger partial charge in [0.25, 0.3) is 0 Å². The monoisotopic (exact) mass is 210 g/mol. The van der Waals surface area contributed by atoms with Crippen molar-refractivity contribution in [1.29, 1.82) is 0 Å². The highest BCUT2D eigenvalue weighted by Crippen LogP contribution is 2.51. The van der Waals surface area contributed by atoms with Crippen molar-refractivity contribution in [3.05, 3.63) is 0 Å². The molecule has 1 aliphatic carbocycles. The molecule has 0 radical (unpaired) electrons. The number of ketones is 1. The topological polar surface area (TPSA) is 26.3 Å². The van der Waals surface area contributed by atoms with Crippen molar-refractivity contribution < 1.29 is 9.53 Å². The van der Waals surface area contributed by atoms with Crippen LogP contribution in [0.1, 0.15) is 46.0 Å². The zero-order chi connectivity index (χ0) is 10.9. The van der Waals surface area contributed by atoms with E-state index in [1.807, 2.05) is 13.8 Å². The van der Waals surface area contributed by atoms with Crippen LogP contribution in [0.25, 0.3) is 0 Å². The van der Waals surface area contributed by atoms with Crippen LogP contribution >= 0.6 is 0 Å². The molecule has 0 bridgehead atoms. The van der Waals surface area contributed by atoms with Gasteiger partial charge in [0, 0.05) is 25.0 Å². The number of carbonyl (C=O) groups excluding carboxylic acids is 1. The lowest BCUT2D eigenvalue weighted by Gasteiger charge is -2.38. The van der Waals surface area contributed by atoms with Gasteiger partial charge in [0.1, 0.15) is 5.78 Å². The Bertz CT molecular complexity index is 239. The average molecular weight is 210 g/mol. The van der Waals surface area contributed by atoms with Crippen molar-refractivity contribution in [1.82, 2.24) is 0 Å². The van der Waals surface area contributed by atoms with Crippen LogP contribution in [-0.2, 0) is 9.53 Å². The highest BCUT2D eigenvalue weighted by atomic mass is 16.5. The molecule has 1 saturated carbocycles. The van der Waals surface area contributed by atoms with Gasteiger partial charge < -0.3 is 4.74 Å². The van der Waals surface area contributed by atoms with Gasteiger partial charge >= 0.3 is 0 Å². The Morgan fingerprint density at radius 3 is 2.53 bits per heavy atom. The van der Waals surface area contributed by atoms with Gasteiger partial charge in [-0.3, -0.25) is 4.79 Å². The van der Waals surface area contributed by atoms with Crippen LogP contribution < -0.4 is 0 Å². The molecule has 1 heterocycles. The second-order valence-electron chi connectivity index (χ2n) is 5.48. The zero-order valence-corrected chi connectivity index (χ0v) is 9.92. The lowest BCUT2D eigenvalue weighted by molar-refractivity contribution is -0.131. The maximum atomic E-state index is 12.2. The molecule has 1 saturated heterocycles. The molecular formula is C13H22O2. The van der Waals surface area contributed by atoms with Gasteiger partial charge in [-0.15, -0.1) is 0 Å². The quantitative estimate of drug-likeness (QED) is 0.700. The molecule has 2 nitrogen and oxygen atoms in total. The van der Waals surface area contributed by atoms with Crippen LogP contribution in [0, 0.1) is 17.3 Å². The Morgan fingerprint density at radius 2 is 1.93 bits per heavy atom. The first-order valence-corrected chi connectivity index (χ1v) is 6.27. The molecule has 15 heavy (non-hydrogen) atoms. The van der Waals surface area contributed by atoms with Crippen LogP contribution in [0.15, 0.2) is 0 Å². The van der Waals surface area contributed by atoms with Gasteiger partial charge in [-0.1, -0.05) is 20.3 Å². The second kappa shape index (κ2) is 4.25. The first-order valence-electron chi connectivity index (χ1n) is 6.27. The highest BCUT2D eigenvalue weighted by molar-refractivity contribution is 5.83. The standard InChI is InChI=1S/C13H22O2/c1-10(2)12(14)11-4-3-5-13(11)6-8-15-9-7-13/h10-11H,3-9H2,1-2H3. The molecule has 1 unspecified atom stereocenters. The Labute approximate surface area is 92.4 Å². The van der Waals surface area contributed by atoms with Gasteiger partial charge in [-0.05, 0) is 31.1 Å². The summed E-state index contributed by atoms with van der Waals surface area (Å²) < 4.78 is 5.43. The lowest BCUT2D eigenvalue weighted by atomic mass is 9.69. The average Bonchev–Trinajstić information content (AvgIpc) is 2.61. The first-order chi connectivity index (χ1) is 7.16. The van der Waals surface area contributed by atoms with Crippen molar-refractivity contribution in [3.63, 3.8) is 0 Å². The molecule has 2 rings (SSSR count). The van der Waals surface area contributed by atoms with Gasteiger partial charge in [0.15, 0.2) is 0 Å². The Balaban J connectivity index is 2.13. The molecule has 0 N–H and O–H groups in total. The van der Waals surface area contributed by atoms with E-state index in [9.17, 15) is 4.79 Å². The highest BCUT2D eigenvalue weighted by Gasteiger charge is 2.47. The Hall–Kier alpha value is -0.370. The molecule has 1 spiro atoms. The van der Waals surface area contributed by atoms with Crippen molar-refractivity contribution in [3.8, 4) is 0 Å². The molecule has 1 aliphatic heterocycles. The minimum atomic E-state index is 0.202. The van der Waals surface area contributed by atoms with E-state index in [0.717, 1.165) is 32.5 Å². The number of ether oxygens (including phenoxy) is 1. The maximum Gasteiger partial charge on any atom is 0.139 e. The first kappa shape index (κ1) is 11.1. The normalized spacial score (nSPS) is 29.9. The van der Waals surface area contributed by atoms with E-state index < -0.39 is 0 Å². The van der Waals surface area contributed by atoms with E-state index in [1.165, 1.54) is 12.8 Å². The third kappa shape index (κ3) is 1.96. The maximum absolute atomic E-state index is 12.2. The summed E-state index contributed by atoms with van der Waals surface area (Å²) in [4.78, 5) is 12.2. The number of rotatable bonds is 2. The summed E-state index contributed by atoms with van der Waals surface area (Å²) in [5.74, 6) is 1.03. The molecule has 2 aliphatic rings. The number of hydrogen-bond acceptors (Lipinski definition) is 2. The van der Waals surface area contributed by atoms with E-state index in [2.05, 4.69) is 0 Å². The molecular weight excluding hydrogens is 188 g/mol. The van der Waals surface area contributed by atoms with Crippen LogP contribution in [-0.4, -0.2) is 19.0 Å². The van der Waals surface area contributed by atoms with Gasteiger partial charge in [0.05, 0.1) is 0 Å². The van der Waals surface area contributed by atoms with E-state index in [0.29, 0.717) is 17.1 Å². The van der Waals surface area contributed by atoms with Gasteiger partial charge in [0.2, 0.25) is 0 Å². The molecule has 0 aromatic carbocycles. The summed E-state index contributed by atoms with van der Waals surface area (Å²) in [5, 5.41) is 0. The van der Waals surface area contributed by atoms with Crippen molar-refractivity contribution in [2.75, 3.05) is 13.2 Å². The van der Waals surface area contributed by atoms with Crippen LogP contribution in [0.3, 0.4) is 0 Å². The smallest absolute Gasteiger partial charge is 0.139 e. The fraction of sp³-hybridized carbons (Fsp3) is 0.923. The molecule has 86 valence electrons. The molecule has 0 aromatic heterocycles. The predicted molar refractivity (Wildman–Crippen MR) is 59.7 cm³/mol. The number of carbonyl (C=O) groups is 1. The molecule has 2 heteroatoms. The van der Waals surface area contributed by atoms with Crippen molar-refractivity contribution in [2.24, 2.45) is 17.3 Å². The minimum absolute atomic E-state index is 0.202. The largest absolute Gasteiger partial charge is 0.381 e. The Kier molecular flexibility index (Phi) is 3.15. The lowest BCUT2D eigenvalue weighted by Crippen LogP contribution is -2.38.